The van der Waals surface area contributed by atoms with Crippen LogP contribution in [0.3, 0.4) is 0 Å². The molecular formula is C41H48Si2Zr. The first-order chi connectivity index (χ1) is 20.9. The summed E-state index contributed by atoms with van der Waals surface area (Å²) in [5, 5.41) is 7.07. The molecular weight excluding hydrogens is 640 g/mol. The van der Waals surface area contributed by atoms with Crippen molar-refractivity contribution in [1.29, 1.82) is 0 Å². The molecule has 0 N–H and O–H groups in total. The van der Waals surface area contributed by atoms with Gasteiger partial charge in [0.15, 0.2) is 0 Å². The van der Waals surface area contributed by atoms with E-state index in [-0.39, 0.29) is 0 Å². The monoisotopic (exact) mass is 686 g/mol. The summed E-state index contributed by atoms with van der Waals surface area (Å²) in [7, 11) is -2.15. The average molecular weight is 688 g/mol. The SMILES string of the molecule is CCc1ccc2c(c1)[cH-]c1cc(CC)ccc12.C[Si](C)(C)C1=[C-]C([Si](C)(C)C)C=C1.[Zr+2]=[C](c1ccccc1)c1ccccc1. The minimum absolute atomic E-state index is 0.661. The second-order valence-corrected chi connectivity index (χ2v) is 25.4. The zero-order chi connectivity index (χ0) is 31.9. The van der Waals surface area contributed by atoms with Gasteiger partial charge in [-0.25, -0.2) is 11.3 Å². The van der Waals surface area contributed by atoms with Gasteiger partial charge in [-0.05, 0) is 12.8 Å². The normalized spacial score (nSPS) is 14.5. The van der Waals surface area contributed by atoms with Crippen molar-refractivity contribution in [1.82, 2.24) is 0 Å². The fraction of sp³-hybridized carbons (Fsp3) is 0.268. The number of benzene rings is 4. The summed E-state index contributed by atoms with van der Waals surface area (Å²) >= 11 is 1.46. The van der Waals surface area contributed by atoms with Crippen LogP contribution in [0.1, 0.15) is 36.1 Å². The van der Waals surface area contributed by atoms with E-state index in [0.717, 1.165) is 12.8 Å². The van der Waals surface area contributed by atoms with Crippen molar-refractivity contribution in [3.05, 3.63) is 149 Å². The molecule has 0 spiro atoms. The van der Waals surface area contributed by atoms with Crippen molar-refractivity contribution in [2.45, 2.75) is 71.5 Å². The van der Waals surface area contributed by atoms with E-state index in [1.54, 1.807) is 0 Å². The van der Waals surface area contributed by atoms with Crippen LogP contribution in [0.4, 0.5) is 0 Å². The van der Waals surface area contributed by atoms with Crippen LogP contribution in [-0.4, -0.2) is 19.4 Å². The molecule has 1 aliphatic rings. The zero-order valence-corrected chi connectivity index (χ0v) is 32.4. The van der Waals surface area contributed by atoms with Crippen molar-refractivity contribution in [3.8, 4) is 0 Å². The minimum atomic E-state index is -1.10. The van der Waals surface area contributed by atoms with Crippen LogP contribution in [0.25, 0.3) is 21.5 Å². The molecule has 0 aliphatic heterocycles. The van der Waals surface area contributed by atoms with Gasteiger partial charge in [-0.2, -0.15) is 6.08 Å². The van der Waals surface area contributed by atoms with Crippen LogP contribution in [0.2, 0.25) is 44.8 Å². The maximum atomic E-state index is 3.70. The Bertz CT molecular complexity index is 1640. The molecule has 0 heterocycles. The van der Waals surface area contributed by atoms with Gasteiger partial charge >= 0.3 is 99.2 Å². The van der Waals surface area contributed by atoms with Crippen molar-refractivity contribution < 1.29 is 24.2 Å². The van der Waals surface area contributed by atoms with Gasteiger partial charge < -0.3 is 0 Å². The first kappa shape index (κ1) is 34.3. The molecule has 6 rings (SSSR count). The molecule has 224 valence electrons. The first-order valence-corrected chi connectivity index (χ1v) is 24.3. The maximum absolute atomic E-state index is 3.70. The molecule has 5 aromatic carbocycles. The van der Waals surface area contributed by atoms with Crippen LogP contribution in [0, 0.1) is 6.08 Å². The van der Waals surface area contributed by atoms with E-state index >= 15 is 0 Å². The molecule has 0 fully saturated rings. The standard InChI is InChI=1S/C17H17.C13H10.C11H21Si2.Zr/c1-3-12-5-7-16-14(9-12)11-15-10-13(4-2)6-8-17(15)16;1-3-7-12(8-4-1)11-13-9-5-2-6-10-13;1-12(2,3)10-7-8-11(9-10)13(4,5)6;/h5-11H,3-4H2,1-2H3;1-10H;7-8,10H,1-6H3;/q-1;;-1;+2. The second-order valence-electron chi connectivity index (χ2n) is 13.8. The third-order valence-corrected chi connectivity index (χ3v) is 13.8. The fourth-order valence-corrected chi connectivity index (χ4v) is 8.78. The Morgan fingerprint density at radius 1 is 0.682 bits per heavy atom. The molecule has 0 bridgehead atoms. The third-order valence-electron chi connectivity index (χ3n) is 8.28. The number of allylic oxidation sites excluding steroid dienone is 4. The quantitative estimate of drug-likeness (QED) is 0.123. The van der Waals surface area contributed by atoms with Crippen molar-refractivity contribution in [2.75, 3.05) is 0 Å². The van der Waals surface area contributed by atoms with Gasteiger partial charge in [0.2, 0.25) is 0 Å². The van der Waals surface area contributed by atoms with Crippen molar-refractivity contribution in [3.63, 3.8) is 0 Å². The number of hydrogen-bond acceptors (Lipinski definition) is 0. The summed E-state index contributed by atoms with van der Waals surface area (Å²) in [6, 6.07) is 37.1. The van der Waals surface area contributed by atoms with Crippen LogP contribution in [0.5, 0.6) is 0 Å². The Balaban J connectivity index is 0.000000153. The molecule has 1 aliphatic carbocycles. The predicted molar refractivity (Wildman–Crippen MR) is 198 cm³/mol. The van der Waals surface area contributed by atoms with Crippen LogP contribution < -0.4 is 0 Å². The molecule has 0 radical (unpaired) electrons. The summed E-state index contributed by atoms with van der Waals surface area (Å²) in [5.41, 5.74) is 6.16. The zero-order valence-electron chi connectivity index (χ0n) is 28.0. The molecule has 0 nitrogen and oxygen atoms in total. The first-order valence-electron chi connectivity index (χ1n) is 16.0. The number of aryl methyl sites for hydroxylation is 2. The summed E-state index contributed by atoms with van der Waals surface area (Å²) in [6.07, 6.45) is 10.6. The summed E-state index contributed by atoms with van der Waals surface area (Å²) in [4.78, 5) is 0. The van der Waals surface area contributed by atoms with Crippen LogP contribution in [0.15, 0.2) is 120 Å². The number of rotatable bonds is 6. The second kappa shape index (κ2) is 15.1. The average Bonchev–Trinajstić information content (AvgIpc) is 3.68. The molecule has 0 saturated heterocycles. The molecule has 1 atom stereocenters. The number of hydrogen-bond donors (Lipinski definition) is 0. The fourth-order valence-electron chi connectivity index (χ4n) is 5.37. The van der Waals surface area contributed by atoms with Gasteiger partial charge in [0.05, 0.1) is 0 Å². The molecule has 0 aromatic heterocycles. The topological polar surface area (TPSA) is 0 Å². The van der Waals surface area contributed by atoms with Crippen LogP contribution in [-0.2, 0) is 37.1 Å². The van der Waals surface area contributed by atoms with Gasteiger partial charge in [-0.1, -0.05) is 88.5 Å². The molecule has 1 unspecified atom stereocenters. The Kier molecular flexibility index (Phi) is 11.8. The van der Waals surface area contributed by atoms with E-state index in [1.807, 2.05) is 0 Å². The van der Waals surface area contributed by atoms with E-state index in [4.69, 9.17) is 0 Å². The van der Waals surface area contributed by atoms with E-state index in [9.17, 15) is 0 Å². The van der Waals surface area contributed by atoms with Gasteiger partial charge in [-0.3, -0.25) is 6.08 Å². The Morgan fingerprint density at radius 2 is 1.14 bits per heavy atom. The Labute approximate surface area is 283 Å². The molecule has 0 amide bonds. The Hall–Kier alpha value is -2.58. The van der Waals surface area contributed by atoms with Crippen LogP contribution >= 0.6 is 0 Å². The van der Waals surface area contributed by atoms with Gasteiger partial charge in [0.1, 0.15) is 0 Å². The van der Waals surface area contributed by atoms with Crippen molar-refractivity contribution >= 4 is 40.9 Å². The molecule has 5 aromatic rings. The predicted octanol–water partition coefficient (Wildman–Crippen LogP) is 11.5. The van der Waals surface area contributed by atoms with E-state index in [2.05, 4.69) is 174 Å². The molecule has 0 saturated carbocycles. The summed E-state index contributed by atoms with van der Waals surface area (Å²) in [5.74, 6) is 0. The van der Waals surface area contributed by atoms with E-state index in [1.165, 1.54) is 76.4 Å². The van der Waals surface area contributed by atoms with Gasteiger partial charge in [0.25, 0.3) is 0 Å². The summed E-state index contributed by atoms with van der Waals surface area (Å²) < 4.78 is 1.42. The van der Waals surface area contributed by atoms with Gasteiger partial charge in [0, 0.05) is 16.1 Å². The number of fused-ring (bicyclic) bond motifs is 3. The van der Waals surface area contributed by atoms with E-state index in [0.29, 0.717) is 5.54 Å². The van der Waals surface area contributed by atoms with Crippen molar-refractivity contribution in [2.24, 2.45) is 0 Å². The van der Waals surface area contributed by atoms with E-state index < -0.39 is 16.1 Å². The third kappa shape index (κ3) is 9.00. The Morgan fingerprint density at radius 3 is 1.48 bits per heavy atom. The molecule has 44 heavy (non-hydrogen) atoms. The molecule has 3 heteroatoms. The van der Waals surface area contributed by atoms with Gasteiger partial charge in [-0.15, -0.1) is 45.3 Å². The summed E-state index contributed by atoms with van der Waals surface area (Å²) in [6.45, 7) is 18.9.